The van der Waals surface area contributed by atoms with Gasteiger partial charge in [-0.25, -0.2) is 13.2 Å². The number of carboxylic acids is 1. The molecule has 0 saturated carbocycles. The van der Waals surface area contributed by atoms with Gasteiger partial charge in [-0.15, -0.1) is 0 Å². The highest BCUT2D eigenvalue weighted by atomic mass is 32.2. The van der Waals surface area contributed by atoms with Crippen LogP contribution in [-0.2, 0) is 14.8 Å². The first kappa shape index (κ1) is 19.8. The number of nitrogens with zero attached hydrogens (tertiary/aromatic N) is 2. The van der Waals surface area contributed by atoms with E-state index in [9.17, 15) is 23.1 Å². The van der Waals surface area contributed by atoms with Crippen LogP contribution >= 0.6 is 0 Å². The molecule has 1 amide bonds. The van der Waals surface area contributed by atoms with Gasteiger partial charge in [0.2, 0.25) is 10.0 Å². The van der Waals surface area contributed by atoms with Crippen molar-refractivity contribution in [2.75, 3.05) is 19.6 Å². The number of benzene rings is 1. The van der Waals surface area contributed by atoms with Gasteiger partial charge < -0.3 is 10.0 Å². The second-order valence-corrected chi connectivity index (χ2v) is 9.20. The number of rotatable bonds is 4. The lowest BCUT2D eigenvalue weighted by atomic mass is 10.0. The fourth-order valence-corrected chi connectivity index (χ4v) is 5.62. The number of hydrogen-bond acceptors (Lipinski definition) is 4. The Morgan fingerprint density at radius 1 is 1.04 bits per heavy atom. The third-order valence-corrected chi connectivity index (χ3v) is 7.46. The predicted molar refractivity (Wildman–Crippen MR) is 100 cm³/mol. The van der Waals surface area contributed by atoms with Crippen LogP contribution in [0.15, 0.2) is 23.1 Å². The molecule has 2 saturated heterocycles. The maximum atomic E-state index is 13.0. The number of likely N-dealkylation sites (tertiary alicyclic amines) is 1. The highest BCUT2D eigenvalue weighted by molar-refractivity contribution is 7.89. The number of hydrogen-bond donors (Lipinski definition) is 1. The summed E-state index contributed by atoms with van der Waals surface area (Å²) >= 11 is 0. The number of carboxylic acid groups (broad SMARTS) is 1. The maximum Gasteiger partial charge on any atom is 0.326 e. The Hall–Kier alpha value is -1.93. The van der Waals surface area contributed by atoms with Gasteiger partial charge in [-0.05, 0) is 56.7 Å². The molecule has 148 valence electrons. The molecule has 0 unspecified atom stereocenters. The summed E-state index contributed by atoms with van der Waals surface area (Å²) in [5, 5.41) is 9.41. The van der Waals surface area contributed by atoms with Crippen LogP contribution in [0.5, 0.6) is 0 Å². The van der Waals surface area contributed by atoms with Crippen molar-refractivity contribution in [1.82, 2.24) is 9.21 Å². The molecule has 2 aliphatic rings. The smallest absolute Gasteiger partial charge is 0.326 e. The molecule has 1 N–H and O–H groups in total. The largest absolute Gasteiger partial charge is 0.480 e. The van der Waals surface area contributed by atoms with Crippen molar-refractivity contribution in [1.29, 1.82) is 0 Å². The quantitative estimate of drug-likeness (QED) is 0.845. The minimum atomic E-state index is -3.66. The molecule has 8 heteroatoms. The monoisotopic (exact) mass is 394 g/mol. The summed E-state index contributed by atoms with van der Waals surface area (Å²) in [6.45, 7) is 3.07. The van der Waals surface area contributed by atoms with Gasteiger partial charge in [0.05, 0.1) is 4.90 Å². The third-order valence-electron chi connectivity index (χ3n) is 5.42. The first-order valence-electron chi connectivity index (χ1n) is 9.47. The Bertz CT molecular complexity index is 831. The minimum absolute atomic E-state index is 0.138. The van der Waals surface area contributed by atoms with Crippen LogP contribution in [0.2, 0.25) is 0 Å². The van der Waals surface area contributed by atoms with E-state index in [0.717, 1.165) is 32.1 Å². The van der Waals surface area contributed by atoms with Crippen LogP contribution in [0.1, 0.15) is 54.4 Å². The molecular weight excluding hydrogens is 368 g/mol. The van der Waals surface area contributed by atoms with Gasteiger partial charge >= 0.3 is 5.97 Å². The van der Waals surface area contributed by atoms with E-state index in [1.54, 1.807) is 19.1 Å². The maximum absolute atomic E-state index is 13.0. The van der Waals surface area contributed by atoms with Gasteiger partial charge in [0.25, 0.3) is 5.91 Å². The van der Waals surface area contributed by atoms with Crippen LogP contribution in [-0.4, -0.2) is 60.3 Å². The first-order valence-corrected chi connectivity index (χ1v) is 10.9. The summed E-state index contributed by atoms with van der Waals surface area (Å²) < 4.78 is 27.6. The number of aryl methyl sites for hydroxylation is 1. The van der Waals surface area contributed by atoms with Gasteiger partial charge in [0, 0.05) is 25.2 Å². The average Bonchev–Trinajstić information content (AvgIpc) is 2.68. The van der Waals surface area contributed by atoms with Crippen LogP contribution in [0.3, 0.4) is 0 Å². The lowest BCUT2D eigenvalue weighted by molar-refractivity contribution is -0.143. The molecule has 3 rings (SSSR count). The average molecular weight is 394 g/mol. The molecule has 1 aromatic carbocycles. The fraction of sp³-hybridized carbons (Fsp3) is 0.579. The van der Waals surface area contributed by atoms with E-state index in [1.165, 1.54) is 15.3 Å². The highest BCUT2D eigenvalue weighted by Crippen LogP contribution is 2.26. The number of sulfonamides is 1. The summed E-state index contributed by atoms with van der Waals surface area (Å²) in [5.74, 6) is -1.44. The summed E-state index contributed by atoms with van der Waals surface area (Å²) in [5.41, 5.74) is 0.815. The van der Waals surface area contributed by atoms with E-state index in [-0.39, 0.29) is 10.5 Å². The third kappa shape index (κ3) is 4.01. The van der Waals surface area contributed by atoms with Crippen LogP contribution in [0.4, 0.5) is 0 Å². The van der Waals surface area contributed by atoms with E-state index in [4.69, 9.17) is 0 Å². The van der Waals surface area contributed by atoms with E-state index in [2.05, 4.69) is 0 Å². The van der Waals surface area contributed by atoms with Gasteiger partial charge in [-0.2, -0.15) is 4.31 Å². The van der Waals surface area contributed by atoms with Crippen molar-refractivity contribution in [3.63, 3.8) is 0 Å². The number of aliphatic carboxylic acids is 1. The molecule has 0 bridgehead atoms. The summed E-state index contributed by atoms with van der Waals surface area (Å²) in [6, 6.07) is 3.77. The summed E-state index contributed by atoms with van der Waals surface area (Å²) in [6.07, 6.45) is 4.64. The van der Waals surface area contributed by atoms with Crippen molar-refractivity contribution in [3.8, 4) is 0 Å². The van der Waals surface area contributed by atoms with Crippen LogP contribution in [0, 0.1) is 6.92 Å². The number of carbonyl (C=O) groups is 2. The zero-order valence-electron chi connectivity index (χ0n) is 15.6. The van der Waals surface area contributed by atoms with Crippen molar-refractivity contribution in [2.45, 2.75) is 56.4 Å². The molecule has 0 aliphatic carbocycles. The highest BCUT2D eigenvalue weighted by Gasteiger charge is 2.34. The zero-order chi connectivity index (χ0) is 19.6. The van der Waals surface area contributed by atoms with Crippen molar-refractivity contribution in [3.05, 3.63) is 29.3 Å². The van der Waals surface area contributed by atoms with E-state index in [1.807, 2.05) is 0 Å². The number of amides is 1. The van der Waals surface area contributed by atoms with Crippen molar-refractivity contribution < 1.29 is 23.1 Å². The predicted octanol–water partition coefficient (Wildman–Crippen LogP) is 2.25. The van der Waals surface area contributed by atoms with E-state index in [0.29, 0.717) is 31.6 Å². The Balaban J connectivity index is 1.92. The van der Waals surface area contributed by atoms with Gasteiger partial charge in [-0.1, -0.05) is 12.5 Å². The van der Waals surface area contributed by atoms with Gasteiger partial charge in [-0.3, -0.25) is 4.79 Å². The normalized spacial score (nSPS) is 21.8. The van der Waals surface area contributed by atoms with Crippen LogP contribution in [0.25, 0.3) is 0 Å². The number of piperidine rings is 2. The fourth-order valence-electron chi connectivity index (χ4n) is 3.85. The Labute approximate surface area is 160 Å². The zero-order valence-corrected chi connectivity index (χ0v) is 16.4. The second kappa shape index (κ2) is 7.98. The number of carbonyl (C=O) groups excluding carboxylic acids is 1. The molecule has 7 nitrogen and oxygen atoms in total. The molecule has 0 radical (unpaired) electrons. The molecule has 0 aromatic heterocycles. The molecule has 27 heavy (non-hydrogen) atoms. The van der Waals surface area contributed by atoms with Crippen molar-refractivity contribution >= 4 is 21.9 Å². The van der Waals surface area contributed by atoms with Gasteiger partial charge in [0.1, 0.15) is 6.04 Å². The lowest BCUT2D eigenvalue weighted by Gasteiger charge is -2.33. The SMILES string of the molecule is Cc1ccc(C(=O)N2CCCC[C@@H]2C(=O)O)cc1S(=O)(=O)N1CCCCC1. The molecular formula is C19H26N2O5S. The Morgan fingerprint density at radius 2 is 1.70 bits per heavy atom. The molecule has 1 atom stereocenters. The summed E-state index contributed by atoms with van der Waals surface area (Å²) in [7, 11) is -3.66. The standard InChI is InChI=1S/C19H26N2O5S/c1-14-8-9-15(18(22)21-12-6-3-7-16(21)19(23)24)13-17(14)27(25,26)20-10-4-2-5-11-20/h8-9,13,16H,2-7,10-12H2,1H3,(H,23,24)/t16-/m1/s1. The van der Waals surface area contributed by atoms with E-state index >= 15 is 0 Å². The Kier molecular flexibility index (Phi) is 5.86. The topological polar surface area (TPSA) is 95.0 Å². The molecule has 2 fully saturated rings. The van der Waals surface area contributed by atoms with Crippen LogP contribution < -0.4 is 0 Å². The van der Waals surface area contributed by atoms with E-state index < -0.39 is 27.9 Å². The molecule has 2 heterocycles. The summed E-state index contributed by atoms with van der Waals surface area (Å²) in [4.78, 5) is 25.9. The minimum Gasteiger partial charge on any atom is -0.480 e. The first-order chi connectivity index (χ1) is 12.8. The molecule has 2 aliphatic heterocycles. The lowest BCUT2D eigenvalue weighted by Crippen LogP contribution is -2.48. The van der Waals surface area contributed by atoms with Crippen molar-refractivity contribution in [2.24, 2.45) is 0 Å². The molecule has 1 aromatic rings. The second-order valence-electron chi connectivity index (χ2n) is 7.29. The molecule has 0 spiro atoms. The van der Waals surface area contributed by atoms with Gasteiger partial charge in [0.15, 0.2) is 0 Å². The Morgan fingerprint density at radius 3 is 2.37 bits per heavy atom.